The summed E-state index contributed by atoms with van der Waals surface area (Å²) in [6.45, 7) is 0.391. The van der Waals surface area contributed by atoms with Crippen molar-refractivity contribution in [3.05, 3.63) is 62.6 Å². The number of nitrogens with zero attached hydrogens (tertiary/aromatic N) is 1. The molecule has 1 amide bonds. The van der Waals surface area contributed by atoms with Gasteiger partial charge in [-0.25, -0.2) is 4.79 Å². The Bertz CT molecular complexity index is 963. The summed E-state index contributed by atoms with van der Waals surface area (Å²) in [5.41, 5.74) is -0.368. The van der Waals surface area contributed by atoms with Gasteiger partial charge < -0.3 is 19.4 Å². The van der Waals surface area contributed by atoms with Gasteiger partial charge >= 0.3 is 5.63 Å². The number of ether oxygens (including phenoxy) is 1. The highest BCUT2D eigenvalue weighted by atomic mass is 32.1. The molecule has 0 saturated carbocycles. The maximum atomic E-state index is 12.5. The summed E-state index contributed by atoms with van der Waals surface area (Å²) in [5.74, 6) is 0.00352. The number of benzene rings is 1. The smallest absolute Gasteiger partial charge is 0.349 e. The topological polar surface area (TPSA) is 71.8 Å². The van der Waals surface area contributed by atoms with E-state index in [9.17, 15) is 9.59 Å². The SMILES string of the molecule is COc1cccc2cc(C(=O)NC[C@@H](c3cccs3)N(C)C)c(=O)oc12. The molecule has 1 N–H and O–H groups in total. The van der Waals surface area contributed by atoms with E-state index in [1.807, 2.05) is 36.5 Å². The standard InChI is InChI=1S/C19H20N2O4S/c1-21(2)14(16-8-5-9-26-16)11-20-18(22)13-10-12-6-4-7-15(24-3)17(12)25-19(13)23/h4-10,14H,11H2,1-3H3,(H,20,22)/t14-/m0/s1. The number of thiophene rings is 1. The monoisotopic (exact) mass is 372 g/mol. The van der Waals surface area contributed by atoms with Crippen LogP contribution in [0.5, 0.6) is 5.75 Å². The molecule has 0 radical (unpaired) electrons. The Labute approximate surface area is 155 Å². The molecule has 3 rings (SSSR count). The van der Waals surface area contributed by atoms with Crippen LogP contribution < -0.4 is 15.7 Å². The van der Waals surface area contributed by atoms with Crippen molar-refractivity contribution in [2.45, 2.75) is 6.04 Å². The number of rotatable bonds is 6. The Morgan fingerprint density at radius 1 is 1.31 bits per heavy atom. The Morgan fingerprint density at radius 2 is 2.12 bits per heavy atom. The van der Waals surface area contributed by atoms with Crippen LogP contribution in [0.15, 0.2) is 51.0 Å². The van der Waals surface area contributed by atoms with Gasteiger partial charge in [0.05, 0.1) is 13.2 Å². The Hall–Kier alpha value is -2.64. The number of nitrogens with one attached hydrogen (secondary N) is 1. The second kappa shape index (κ2) is 7.72. The van der Waals surface area contributed by atoms with E-state index in [1.165, 1.54) is 13.2 Å². The van der Waals surface area contributed by atoms with E-state index in [4.69, 9.17) is 9.15 Å². The lowest BCUT2D eigenvalue weighted by molar-refractivity contribution is 0.0938. The Morgan fingerprint density at radius 3 is 2.77 bits per heavy atom. The van der Waals surface area contributed by atoms with Crippen LogP contribution in [0.4, 0.5) is 0 Å². The summed E-state index contributed by atoms with van der Waals surface area (Å²) in [5, 5.41) is 5.47. The maximum absolute atomic E-state index is 12.5. The minimum absolute atomic E-state index is 0.0190. The second-order valence-electron chi connectivity index (χ2n) is 6.03. The summed E-state index contributed by atoms with van der Waals surface area (Å²) in [6.07, 6.45) is 0. The van der Waals surface area contributed by atoms with Gasteiger partial charge in [-0.1, -0.05) is 18.2 Å². The first-order valence-electron chi connectivity index (χ1n) is 8.10. The highest BCUT2D eigenvalue weighted by Crippen LogP contribution is 2.25. The summed E-state index contributed by atoms with van der Waals surface area (Å²) in [7, 11) is 5.40. The molecule has 1 atom stereocenters. The zero-order valence-electron chi connectivity index (χ0n) is 14.8. The quantitative estimate of drug-likeness (QED) is 0.674. The predicted octanol–water partition coefficient (Wildman–Crippen LogP) is 2.90. The van der Waals surface area contributed by atoms with Gasteiger partial charge in [0.25, 0.3) is 5.91 Å². The van der Waals surface area contributed by atoms with Crippen molar-refractivity contribution in [2.24, 2.45) is 0 Å². The molecule has 1 aromatic carbocycles. The number of hydrogen-bond acceptors (Lipinski definition) is 6. The van der Waals surface area contributed by atoms with Crippen LogP contribution in [0.25, 0.3) is 11.0 Å². The zero-order valence-corrected chi connectivity index (χ0v) is 15.6. The van der Waals surface area contributed by atoms with E-state index in [-0.39, 0.29) is 11.6 Å². The van der Waals surface area contributed by atoms with Crippen molar-refractivity contribution < 1.29 is 13.9 Å². The maximum Gasteiger partial charge on any atom is 0.349 e. The van der Waals surface area contributed by atoms with Gasteiger partial charge in [0, 0.05) is 16.8 Å². The van der Waals surface area contributed by atoms with Crippen molar-refractivity contribution in [2.75, 3.05) is 27.7 Å². The van der Waals surface area contributed by atoms with Gasteiger partial charge in [0.1, 0.15) is 5.56 Å². The molecular formula is C19H20N2O4S. The van der Waals surface area contributed by atoms with E-state index in [2.05, 4.69) is 5.32 Å². The lowest BCUT2D eigenvalue weighted by atomic mass is 10.1. The summed E-state index contributed by atoms with van der Waals surface area (Å²) < 4.78 is 10.5. The van der Waals surface area contributed by atoms with Gasteiger partial charge in [-0.15, -0.1) is 11.3 Å². The average molecular weight is 372 g/mol. The van der Waals surface area contributed by atoms with E-state index in [0.29, 0.717) is 23.3 Å². The number of fused-ring (bicyclic) bond motifs is 1. The van der Waals surface area contributed by atoms with Crippen LogP contribution in [-0.2, 0) is 0 Å². The summed E-state index contributed by atoms with van der Waals surface area (Å²) in [6, 6.07) is 10.8. The number of likely N-dealkylation sites (N-methyl/N-ethyl adjacent to an activating group) is 1. The van der Waals surface area contributed by atoms with Crippen LogP contribution in [0.2, 0.25) is 0 Å². The Kier molecular flexibility index (Phi) is 5.39. The molecule has 0 fully saturated rings. The van der Waals surface area contributed by atoms with Gasteiger partial charge in [-0.3, -0.25) is 4.79 Å². The normalized spacial score (nSPS) is 12.3. The van der Waals surface area contributed by atoms with Gasteiger partial charge in [-0.2, -0.15) is 0 Å². The van der Waals surface area contributed by atoms with Crippen LogP contribution in [0.1, 0.15) is 21.3 Å². The third-order valence-electron chi connectivity index (χ3n) is 4.14. The third kappa shape index (κ3) is 3.63. The fourth-order valence-electron chi connectivity index (χ4n) is 2.74. The molecular weight excluding hydrogens is 352 g/mol. The van der Waals surface area contributed by atoms with E-state index < -0.39 is 11.5 Å². The predicted molar refractivity (Wildman–Crippen MR) is 102 cm³/mol. The van der Waals surface area contributed by atoms with Crippen molar-refractivity contribution in [1.82, 2.24) is 10.2 Å². The molecule has 0 aliphatic heterocycles. The molecule has 0 aliphatic rings. The summed E-state index contributed by atoms with van der Waals surface area (Å²) in [4.78, 5) is 28.0. The van der Waals surface area contributed by atoms with Crippen LogP contribution in [0, 0.1) is 0 Å². The number of methoxy groups -OCH3 is 1. The minimum atomic E-state index is -0.683. The molecule has 2 aromatic heterocycles. The molecule has 0 unspecified atom stereocenters. The highest BCUT2D eigenvalue weighted by Gasteiger charge is 2.19. The Balaban J connectivity index is 1.84. The van der Waals surface area contributed by atoms with Gasteiger partial charge in [-0.05, 0) is 37.7 Å². The molecule has 0 saturated heterocycles. The van der Waals surface area contributed by atoms with E-state index >= 15 is 0 Å². The zero-order chi connectivity index (χ0) is 18.7. The highest BCUT2D eigenvalue weighted by molar-refractivity contribution is 7.10. The molecule has 3 aromatic rings. The van der Waals surface area contributed by atoms with E-state index in [1.54, 1.807) is 29.5 Å². The summed E-state index contributed by atoms with van der Waals surface area (Å²) >= 11 is 1.63. The van der Waals surface area contributed by atoms with E-state index in [0.717, 1.165) is 4.88 Å². The fraction of sp³-hybridized carbons (Fsp3) is 0.263. The van der Waals surface area contributed by atoms with Crippen LogP contribution in [0.3, 0.4) is 0 Å². The van der Waals surface area contributed by atoms with Crippen molar-refractivity contribution in [3.8, 4) is 5.75 Å². The fourth-order valence-corrected chi connectivity index (χ4v) is 3.66. The largest absolute Gasteiger partial charge is 0.493 e. The minimum Gasteiger partial charge on any atom is -0.493 e. The van der Waals surface area contributed by atoms with Crippen molar-refractivity contribution >= 4 is 28.2 Å². The van der Waals surface area contributed by atoms with Crippen molar-refractivity contribution in [1.29, 1.82) is 0 Å². The first kappa shape index (κ1) is 18.2. The number of carbonyl (C=O) groups is 1. The molecule has 6 nitrogen and oxygen atoms in total. The lowest BCUT2D eigenvalue weighted by Gasteiger charge is -2.23. The first-order valence-corrected chi connectivity index (χ1v) is 8.98. The molecule has 136 valence electrons. The molecule has 0 spiro atoms. The van der Waals surface area contributed by atoms with Gasteiger partial charge in [0.2, 0.25) is 0 Å². The van der Waals surface area contributed by atoms with Crippen molar-refractivity contribution in [3.63, 3.8) is 0 Å². The first-order chi connectivity index (χ1) is 12.5. The number of amides is 1. The van der Waals surface area contributed by atoms with Crippen LogP contribution >= 0.6 is 11.3 Å². The molecule has 7 heteroatoms. The average Bonchev–Trinajstić information content (AvgIpc) is 3.14. The third-order valence-corrected chi connectivity index (χ3v) is 5.11. The number of carbonyl (C=O) groups excluding carboxylic acids is 1. The molecule has 2 heterocycles. The molecule has 0 aliphatic carbocycles. The second-order valence-corrected chi connectivity index (χ2v) is 7.01. The van der Waals surface area contributed by atoms with Crippen LogP contribution in [-0.4, -0.2) is 38.6 Å². The van der Waals surface area contributed by atoms with Gasteiger partial charge in [0.15, 0.2) is 11.3 Å². The number of hydrogen-bond donors (Lipinski definition) is 1. The lowest BCUT2D eigenvalue weighted by Crippen LogP contribution is -2.36. The molecule has 26 heavy (non-hydrogen) atoms. The number of para-hydroxylation sites is 1. The molecule has 0 bridgehead atoms.